The lowest BCUT2D eigenvalue weighted by atomic mass is 9.87. The number of ether oxygens (including phenoxy) is 1. The molecule has 1 aromatic heterocycles. The minimum absolute atomic E-state index is 0.0695. The maximum absolute atomic E-state index is 13.9. The van der Waals surface area contributed by atoms with Crippen LogP contribution in [0.3, 0.4) is 0 Å². The average molecular weight is 463 g/mol. The number of aromatic nitrogens is 2. The molecule has 2 unspecified atom stereocenters. The van der Waals surface area contributed by atoms with Crippen LogP contribution in [0.25, 0.3) is 0 Å². The summed E-state index contributed by atoms with van der Waals surface area (Å²) in [5.74, 6) is 0.347. The van der Waals surface area contributed by atoms with E-state index in [0.717, 1.165) is 55.9 Å². The Balaban J connectivity index is 1.64. The molecule has 3 atom stereocenters. The molecule has 8 heteroatoms. The smallest absolute Gasteiger partial charge is 0.234 e. The quantitative estimate of drug-likeness (QED) is 0.523. The number of halogens is 2. The maximum atomic E-state index is 13.9. The van der Waals surface area contributed by atoms with Gasteiger partial charge in [0.2, 0.25) is 5.91 Å². The Bertz CT molecular complexity index is 974. The Morgan fingerprint density at radius 1 is 1.26 bits per heavy atom. The number of rotatable bonds is 7. The van der Waals surface area contributed by atoms with Gasteiger partial charge < -0.3 is 9.64 Å². The highest BCUT2D eigenvalue weighted by atomic mass is 35.5. The van der Waals surface area contributed by atoms with Crippen molar-refractivity contribution in [2.24, 2.45) is 10.9 Å². The third kappa shape index (κ3) is 4.52. The summed E-state index contributed by atoms with van der Waals surface area (Å²) >= 11 is 12.5. The summed E-state index contributed by atoms with van der Waals surface area (Å²) in [4.78, 5) is 20.5. The summed E-state index contributed by atoms with van der Waals surface area (Å²) in [5, 5.41) is 5.43. The molecule has 0 aliphatic carbocycles. The van der Waals surface area contributed by atoms with Crippen LogP contribution in [0.4, 0.5) is 5.82 Å². The van der Waals surface area contributed by atoms with Gasteiger partial charge in [-0.2, -0.15) is 5.10 Å². The monoisotopic (exact) mass is 462 g/mol. The van der Waals surface area contributed by atoms with Crippen LogP contribution in [0.1, 0.15) is 51.1 Å². The fourth-order valence-electron chi connectivity index (χ4n) is 4.52. The highest BCUT2D eigenvalue weighted by molar-refractivity contribution is 6.42. The van der Waals surface area contributed by atoms with Crippen LogP contribution in [0.15, 0.2) is 35.5 Å². The number of benzene rings is 1. The van der Waals surface area contributed by atoms with E-state index in [2.05, 4.69) is 17.0 Å². The van der Waals surface area contributed by atoms with E-state index in [9.17, 15) is 4.79 Å². The molecule has 0 radical (unpaired) electrons. The van der Waals surface area contributed by atoms with Gasteiger partial charge in [0.1, 0.15) is 5.92 Å². The first kappa shape index (κ1) is 22.3. The molecule has 2 aliphatic rings. The number of nitrogens with zero attached hydrogens (tertiary/aromatic N) is 4. The zero-order valence-corrected chi connectivity index (χ0v) is 19.4. The fourth-order valence-corrected chi connectivity index (χ4v) is 4.82. The summed E-state index contributed by atoms with van der Waals surface area (Å²) in [6.07, 6.45) is 5.80. The maximum Gasteiger partial charge on any atom is 0.234 e. The molecule has 1 amide bonds. The predicted molar refractivity (Wildman–Crippen MR) is 124 cm³/mol. The molecular formula is C23H28Cl2N4O2. The second-order valence-electron chi connectivity index (χ2n) is 8.24. The van der Waals surface area contributed by atoms with Crippen molar-refractivity contribution in [3.05, 3.63) is 46.1 Å². The molecule has 0 bridgehead atoms. The van der Waals surface area contributed by atoms with Gasteiger partial charge >= 0.3 is 0 Å². The van der Waals surface area contributed by atoms with Crippen molar-refractivity contribution >= 4 is 40.6 Å². The van der Waals surface area contributed by atoms with Crippen LogP contribution < -0.4 is 0 Å². The van der Waals surface area contributed by atoms with Crippen molar-refractivity contribution in [3.8, 4) is 0 Å². The molecule has 1 fully saturated rings. The molecule has 0 N–H and O–H groups in total. The first-order valence-corrected chi connectivity index (χ1v) is 11.7. The van der Waals surface area contributed by atoms with Crippen LogP contribution in [0.5, 0.6) is 0 Å². The van der Waals surface area contributed by atoms with Crippen molar-refractivity contribution in [3.63, 3.8) is 0 Å². The molecule has 0 spiro atoms. The normalized spacial score (nSPS) is 23.0. The van der Waals surface area contributed by atoms with Gasteiger partial charge in [-0.05, 0) is 43.9 Å². The number of hydrogen-bond donors (Lipinski definition) is 0. The van der Waals surface area contributed by atoms with E-state index in [0.29, 0.717) is 16.7 Å². The lowest BCUT2D eigenvalue weighted by molar-refractivity contribution is -0.136. The van der Waals surface area contributed by atoms with Crippen LogP contribution in [-0.4, -0.2) is 52.1 Å². The Morgan fingerprint density at radius 3 is 2.87 bits per heavy atom. The lowest BCUT2D eigenvalue weighted by Gasteiger charge is -2.35. The second kappa shape index (κ2) is 9.72. The van der Waals surface area contributed by atoms with Gasteiger partial charge in [-0.3, -0.25) is 4.79 Å². The van der Waals surface area contributed by atoms with Gasteiger partial charge in [0.05, 0.1) is 34.9 Å². The fraction of sp³-hybridized carbons (Fsp3) is 0.522. The SMILES string of the molecule is CCCCOC[C@@H]1CCCN1C(=O)C1C(C)=Nc2ccnn2C1c1ccc(Cl)c(Cl)c1. The van der Waals surface area contributed by atoms with E-state index in [1.54, 1.807) is 12.3 Å². The van der Waals surface area contributed by atoms with Crippen molar-refractivity contribution in [1.29, 1.82) is 0 Å². The van der Waals surface area contributed by atoms with E-state index in [1.807, 2.05) is 34.7 Å². The van der Waals surface area contributed by atoms with Crippen LogP contribution in [0.2, 0.25) is 10.0 Å². The molecule has 4 rings (SSSR count). The van der Waals surface area contributed by atoms with E-state index >= 15 is 0 Å². The minimum Gasteiger partial charge on any atom is -0.379 e. The van der Waals surface area contributed by atoms with Gasteiger partial charge in [0, 0.05) is 24.9 Å². The van der Waals surface area contributed by atoms with Gasteiger partial charge in [-0.25, -0.2) is 9.67 Å². The number of likely N-dealkylation sites (tertiary alicyclic amines) is 1. The molecule has 3 heterocycles. The van der Waals surface area contributed by atoms with E-state index < -0.39 is 5.92 Å². The highest BCUT2D eigenvalue weighted by Crippen LogP contribution is 2.39. The first-order valence-electron chi connectivity index (χ1n) is 10.9. The zero-order chi connectivity index (χ0) is 22.0. The van der Waals surface area contributed by atoms with Crippen molar-refractivity contribution < 1.29 is 9.53 Å². The van der Waals surface area contributed by atoms with Gasteiger partial charge in [-0.1, -0.05) is 42.6 Å². The van der Waals surface area contributed by atoms with E-state index in [1.165, 1.54) is 0 Å². The second-order valence-corrected chi connectivity index (χ2v) is 9.05. The van der Waals surface area contributed by atoms with E-state index in [4.69, 9.17) is 27.9 Å². The summed E-state index contributed by atoms with van der Waals surface area (Å²) in [6, 6.07) is 7.14. The molecule has 2 aromatic rings. The van der Waals surface area contributed by atoms with Crippen molar-refractivity contribution in [2.75, 3.05) is 19.8 Å². The van der Waals surface area contributed by atoms with Crippen LogP contribution in [0, 0.1) is 5.92 Å². The van der Waals surface area contributed by atoms with Crippen molar-refractivity contribution in [2.45, 2.75) is 51.6 Å². The topological polar surface area (TPSA) is 59.7 Å². The third-order valence-electron chi connectivity index (χ3n) is 6.13. The molecule has 166 valence electrons. The zero-order valence-electron chi connectivity index (χ0n) is 17.9. The predicted octanol–water partition coefficient (Wildman–Crippen LogP) is 5.31. The Hall–Kier alpha value is -1.89. The van der Waals surface area contributed by atoms with Gasteiger partial charge in [-0.15, -0.1) is 0 Å². The average Bonchev–Trinajstić information content (AvgIpc) is 3.41. The van der Waals surface area contributed by atoms with Gasteiger partial charge in [0.25, 0.3) is 0 Å². The molecule has 6 nitrogen and oxygen atoms in total. The molecule has 2 aliphatic heterocycles. The molecule has 31 heavy (non-hydrogen) atoms. The first-order chi connectivity index (χ1) is 15.0. The number of amides is 1. The molecule has 1 saturated heterocycles. The summed E-state index contributed by atoms with van der Waals surface area (Å²) < 4.78 is 7.68. The number of aliphatic imine (C=N–C) groups is 1. The van der Waals surface area contributed by atoms with E-state index in [-0.39, 0.29) is 18.0 Å². The largest absolute Gasteiger partial charge is 0.379 e. The summed E-state index contributed by atoms with van der Waals surface area (Å²) in [5.41, 5.74) is 1.67. The Morgan fingerprint density at radius 2 is 2.10 bits per heavy atom. The number of unbranched alkanes of at least 4 members (excludes halogenated alkanes) is 1. The van der Waals surface area contributed by atoms with Crippen LogP contribution in [-0.2, 0) is 9.53 Å². The Labute approximate surface area is 193 Å². The lowest BCUT2D eigenvalue weighted by Crippen LogP contribution is -2.47. The molecule has 1 aromatic carbocycles. The number of fused-ring (bicyclic) bond motifs is 1. The highest BCUT2D eigenvalue weighted by Gasteiger charge is 2.42. The van der Waals surface area contributed by atoms with Crippen LogP contribution >= 0.6 is 23.2 Å². The number of hydrogen-bond acceptors (Lipinski definition) is 4. The third-order valence-corrected chi connectivity index (χ3v) is 6.87. The van der Waals surface area contributed by atoms with Crippen molar-refractivity contribution in [1.82, 2.24) is 14.7 Å². The van der Waals surface area contributed by atoms with Gasteiger partial charge in [0.15, 0.2) is 5.82 Å². The molecule has 0 saturated carbocycles. The minimum atomic E-state index is -0.458. The number of carbonyl (C=O) groups is 1. The standard InChI is InChI=1S/C23H28Cl2N4O2/c1-3-4-12-31-14-17-6-5-11-28(17)23(30)21-15(2)27-20-9-10-26-29(20)22(21)16-7-8-18(24)19(25)13-16/h7-10,13,17,21-22H,3-6,11-12,14H2,1-2H3/t17-,21?,22?/m0/s1. The summed E-state index contributed by atoms with van der Waals surface area (Å²) in [7, 11) is 0. The molecular weight excluding hydrogens is 435 g/mol. The number of carbonyl (C=O) groups excluding carboxylic acids is 1. The Kier molecular flexibility index (Phi) is 6.99. The summed E-state index contributed by atoms with van der Waals surface area (Å²) in [6.45, 7) is 6.13.